The van der Waals surface area contributed by atoms with Gasteiger partial charge in [0.1, 0.15) is 5.82 Å². The van der Waals surface area contributed by atoms with Crippen LogP contribution in [-0.4, -0.2) is 52.8 Å². The molecule has 2 N–H and O–H groups in total. The number of aliphatic hydroxyl groups is 1. The minimum Gasteiger partial charge on any atom is -0.478 e. The number of benzene rings is 4. The molecule has 3 heterocycles. The van der Waals surface area contributed by atoms with Gasteiger partial charge in [0, 0.05) is 51.9 Å². The van der Waals surface area contributed by atoms with Crippen molar-refractivity contribution in [1.29, 1.82) is 0 Å². The van der Waals surface area contributed by atoms with Gasteiger partial charge in [0.05, 0.1) is 39.2 Å². The summed E-state index contributed by atoms with van der Waals surface area (Å²) in [4.78, 5) is 17.8. The summed E-state index contributed by atoms with van der Waals surface area (Å²) in [6.07, 6.45) is -1.85. The van der Waals surface area contributed by atoms with Crippen LogP contribution < -0.4 is 4.90 Å². The molecule has 7 rings (SSSR count). The number of carboxylic acid groups (broad SMARTS) is 1. The lowest BCUT2D eigenvalue weighted by molar-refractivity contribution is 0.0696. The number of carbonyl (C=O) groups is 1. The quantitative estimate of drug-likeness (QED) is 0.166. The number of β-amino-alcohol motifs (C(OH)–C–C–N with tert-alkyl or cyclic N) is 1. The molecule has 4 aromatic carbocycles. The van der Waals surface area contributed by atoms with E-state index in [1.807, 2.05) is 4.90 Å². The Morgan fingerprint density at radius 2 is 1.65 bits per heavy atom. The van der Waals surface area contributed by atoms with Crippen LogP contribution in [0.4, 0.5) is 18.9 Å². The van der Waals surface area contributed by atoms with Gasteiger partial charge in [-0.3, -0.25) is 4.98 Å². The van der Waals surface area contributed by atoms with Gasteiger partial charge in [-0.2, -0.15) is 0 Å². The van der Waals surface area contributed by atoms with Gasteiger partial charge in [0.2, 0.25) is 0 Å². The van der Waals surface area contributed by atoms with Gasteiger partial charge in [-0.05, 0) is 66.2 Å². The number of nitrogens with zero attached hydrogens (tertiary/aromatic N) is 3. The number of carboxylic acids is 1. The first-order valence-electron chi connectivity index (χ1n) is 14.9. The number of aromatic carboxylic acids is 1. The third-order valence-electron chi connectivity index (χ3n) is 8.45. The van der Waals surface area contributed by atoms with Gasteiger partial charge in [-0.25, -0.2) is 30.4 Å². The van der Waals surface area contributed by atoms with Crippen LogP contribution >= 0.6 is 11.6 Å². The molecule has 1 saturated heterocycles. The molecule has 6 aromatic rings. The van der Waals surface area contributed by atoms with Crippen LogP contribution in [0, 0.1) is 5.82 Å². The van der Waals surface area contributed by atoms with Crippen LogP contribution in [0.5, 0.6) is 0 Å². The molecule has 0 spiro atoms. The molecule has 1 aliphatic heterocycles. The lowest BCUT2D eigenvalue weighted by Gasteiger charge is -2.38. The Kier molecular flexibility index (Phi) is 8.18. The van der Waals surface area contributed by atoms with Crippen molar-refractivity contribution in [3.05, 3.63) is 125 Å². The number of halogens is 4. The Bertz CT molecular complexity index is 2380. The normalized spacial score (nSPS) is 13.6. The van der Waals surface area contributed by atoms with Crippen molar-refractivity contribution in [2.75, 3.05) is 18.0 Å². The minimum absolute atomic E-state index is 0.0166. The van der Waals surface area contributed by atoms with E-state index in [1.54, 1.807) is 42.5 Å². The van der Waals surface area contributed by atoms with E-state index in [4.69, 9.17) is 11.6 Å². The van der Waals surface area contributed by atoms with Gasteiger partial charge in [0.15, 0.2) is 0 Å². The number of anilines is 1. The Labute approximate surface area is 283 Å². The van der Waals surface area contributed by atoms with Gasteiger partial charge in [-0.1, -0.05) is 48.0 Å². The van der Waals surface area contributed by atoms with E-state index in [0.717, 1.165) is 34.3 Å². The number of alkyl halides is 2. The smallest absolute Gasteiger partial charge is 0.335 e. The molecule has 1 aliphatic rings. The summed E-state index contributed by atoms with van der Waals surface area (Å²) in [5.41, 5.74) is 2.40. The van der Waals surface area contributed by atoms with Crippen molar-refractivity contribution < 1.29 is 36.6 Å². The predicted molar refractivity (Wildman–Crippen MR) is 180 cm³/mol. The number of pyridine rings is 1. The summed E-state index contributed by atoms with van der Waals surface area (Å²) in [6, 6.07) is 22.4. The maximum atomic E-state index is 15.1. The Morgan fingerprint density at radius 1 is 0.918 bits per heavy atom. The highest BCUT2D eigenvalue weighted by Gasteiger charge is 2.33. The summed E-state index contributed by atoms with van der Waals surface area (Å²) in [7, 11) is -4.54. The van der Waals surface area contributed by atoms with Crippen molar-refractivity contribution in [1.82, 2.24) is 8.96 Å². The van der Waals surface area contributed by atoms with Crippen LogP contribution in [0.15, 0.2) is 108 Å². The molecule has 13 heteroatoms. The average molecular weight is 704 g/mol. The zero-order valence-corrected chi connectivity index (χ0v) is 26.8. The second kappa shape index (κ2) is 12.4. The lowest BCUT2D eigenvalue weighted by atomic mass is 9.96. The first kappa shape index (κ1) is 32.4. The molecule has 2 aromatic heterocycles. The molecule has 0 atom stereocenters. The molecular formula is C36H25ClF3N3O5S. The predicted octanol–water partition coefficient (Wildman–Crippen LogP) is 7.88. The zero-order chi connectivity index (χ0) is 34.6. The van der Waals surface area contributed by atoms with Gasteiger partial charge < -0.3 is 15.1 Å². The zero-order valence-electron chi connectivity index (χ0n) is 25.3. The van der Waals surface area contributed by atoms with Crippen molar-refractivity contribution in [2.24, 2.45) is 0 Å². The molecule has 0 saturated carbocycles. The standard InChI is InChI=1S/C36H25ClF3N3O5S/c37-29-16-23(36(45)46)8-12-27(29)21-3-1-4-22(15-21)34-32(33-31(5-2-14-41-33)42-18-25(44)19-42)28-17-24(38)9-13-30(28)43(34)49(47,48)26-10-6-20(7-11-26)35(39)40/h1-17,25,35,44H,18-19H2,(H,45,46). The maximum absolute atomic E-state index is 15.1. The Morgan fingerprint density at radius 3 is 2.33 bits per heavy atom. The van der Waals surface area contributed by atoms with E-state index in [-0.39, 0.29) is 43.2 Å². The second-order valence-electron chi connectivity index (χ2n) is 11.5. The summed E-state index contributed by atoms with van der Waals surface area (Å²) < 4.78 is 72.2. The van der Waals surface area contributed by atoms with E-state index in [0.29, 0.717) is 41.2 Å². The molecule has 1 fully saturated rings. The number of hydrogen-bond acceptors (Lipinski definition) is 6. The Hall–Kier alpha value is -5.17. The molecule has 0 radical (unpaired) electrons. The van der Waals surface area contributed by atoms with Crippen LogP contribution in [0.3, 0.4) is 0 Å². The summed E-state index contributed by atoms with van der Waals surface area (Å²) >= 11 is 6.53. The molecule has 8 nitrogen and oxygen atoms in total. The van der Waals surface area contributed by atoms with Gasteiger partial charge >= 0.3 is 5.97 Å². The third kappa shape index (κ3) is 5.71. The largest absolute Gasteiger partial charge is 0.478 e. The molecule has 0 amide bonds. The van der Waals surface area contributed by atoms with Gasteiger partial charge in [-0.15, -0.1) is 0 Å². The van der Waals surface area contributed by atoms with E-state index >= 15 is 4.39 Å². The van der Waals surface area contributed by atoms with Gasteiger partial charge in [0.25, 0.3) is 16.4 Å². The first-order chi connectivity index (χ1) is 23.4. The second-order valence-corrected chi connectivity index (χ2v) is 13.7. The van der Waals surface area contributed by atoms with Crippen LogP contribution in [-0.2, 0) is 10.0 Å². The third-order valence-corrected chi connectivity index (χ3v) is 10.5. The monoisotopic (exact) mass is 703 g/mol. The number of fused-ring (bicyclic) bond motifs is 1. The Balaban J connectivity index is 1.55. The fourth-order valence-corrected chi connectivity index (χ4v) is 7.93. The number of aliphatic hydroxyl groups excluding tert-OH is 1. The molecule has 49 heavy (non-hydrogen) atoms. The maximum Gasteiger partial charge on any atom is 0.335 e. The summed E-state index contributed by atoms with van der Waals surface area (Å²) in [5, 5.41) is 19.9. The number of rotatable bonds is 8. The topological polar surface area (TPSA) is 113 Å². The van der Waals surface area contributed by atoms with Crippen LogP contribution in [0.25, 0.3) is 44.5 Å². The highest BCUT2D eigenvalue weighted by molar-refractivity contribution is 7.90. The van der Waals surface area contributed by atoms with Crippen molar-refractivity contribution in [3.8, 4) is 33.6 Å². The van der Waals surface area contributed by atoms with Crippen molar-refractivity contribution >= 4 is 44.2 Å². The fraction of sp³-hybridized carbons (Fsp3) is 0.111. The van der Waals surface area contributed by atoms with Crippen molar-refractivity contribution in [3.63, 3.8) is 0 Å². The molecule has 248 valence electrons. The van der Waals surface area contributed by atoms with Crippen LogP contribution in [0.2, 0.25) is 5.02 Å². The summed E-state index contributed by atoms with van der Waals surface area (Å²) in [5.74, 6) is -1.79. The van der Waals surface area contributed by atoms with E-state index in [2.05, 4.69) is 4.98 Å². The SMILES string of the molecule is O=C(O)c1ccc(-c2cccc(-c3c(-c4ncccc4N4CC(O)C4)c4cc(F)ccc4n3S(=O)(=O)c3ccc(C(F)F)cc3)c2)c(Cl)c1. The number of hydrogen-bond donors (Lipinski definition) is 2. The average Bonchev–Trinajstić information content (AvgIpc) is 3.41. The minimum atomic E-state index is -4.54. The van der Waals surface area contributed by atoms with E-state index < -0.39 is 34.3 Å². The molecular weight excluding hydrogens is 679 g/mol. The van der Waals surface area contributed by atoms with Crippen molar-refractivity contribution in [2.45, 2.75) is 17.4 Å². The van der Waals surface area contributed by atoms with E-state index in [1.165, 1.54) is 30.5 Å². The molecule has 0 aliphatic carbocycles. The van der Waals surface area contributed by atoms with E-state index in [9.17, 15) is 32.2 Å². The van der Waals surface area contributed by atoms with Crippen LogP contribution in [0.1, 0.15) is 22.3 Å². The summed E-state index contributed by atoms with van der Waals surface area (Å²) in [6.45, 7) is 0.603. The molecule has 0 bridgehead atoms. The lowest BCUT2D eigenvalue weighted by Crippen LogP contribution is -2.51. The highest BCUT2D eigenvalue weighted by atomic mass is 35.5. The number of aromatic nitrogens is 2. The highest BCUT2D eigenvalue weighted by Crippen LogP contribution is 2.46. The molecule has 0 unspecified atom stereocenters. The first-order valence-corrected chi connectivity index (χ1v) is 16.8. The fourth-order valence-electron chi connectivity index (χ4n) is 6.09.